The third-order valence-corrected chi connectivity index (χ3v) is 4.00. The summed E-state index contributed by atoms with van der Waals surface area (Å²) in [4.78, 5) is 12.5. The van der Waals surface area contributed by atoms with Gasteiger partial charge in [-0.2, -0.15) is 13.2 Å². The Morgan fingerprint density at radius 3 is 2.32 bits per heavy atom. The van der Waals surface area contributed by atoms with Gasteiger partial charge in [0.25, 0.3) is 5.91 Å². The Balaban J connectivity index is 2.01. The van der Waals surface area contributed by atoms with Gasteiger partial charge in [-0.05, 0) is 42.8 Å². The molecule has 0 saturated heterocycles. The van der Waals surface area contributed by atoms with Crippen molar-refractivity contribution in [2.45, 2.75) is 25.7 Å². The van der Waals surface area contributed by atoms with Crippen LogP contribution in [0.4, 0.5) is 13.2 Å². The van der Waals surface area contributed by atoms with Gasteiger partial charge in [0.2, 0.25) is 0 Å². The molecule has 0 aromatic heterocycles. The number of hydrogen-bond donors (Lipinski definition) is 1. The van der Waals surface area contributed by atoms with Crippen molar-refractivity contribution in [1.29, 1.82) is 0 Å². The van der Waals surface area contributed by atoms with Crippen molar-refractivity contribution in [3.63, 3.8) is 0 Å². The summed E-state index contributed by atoms with van der Waals surface area (Å²) in [5.74, 6) is 0.936. The van der Waals surface area contributed by atoms with E-state index in [1.54, 1.807) is 44.6 Å². The lowest BCUT2D eigenvalue weighted by Crippen LogP contribution is -2.27. The van der Waals surface area contributed by atoms with Gasteiger partial charge in [0, 0.05) is 11.1 Å². The molecule has 1 atom stereocenters. The second-order valence-electron chi connectivity index (χ2n) is 6.11. The Morgan fingerprint density at radius 1 is 1.07 bits per heavy atom. The molecule has 0 spiro atoms. The number of nitrogens with one attached hydrogen (secondary N) is 1. The van der Waals surface area contributed by atoms with Gasteiger partial charge in [-0.15, -0.1) is 0 Å². The van der Waals surface area contributed by atoms with E-state index in [-0.39, 0.29) is 18.6 Å². The van der Waals surface area contributed by atoms with Crippen LogP contribution >= 0.6 is 0 Å². The third kappa shape index (κ3) is 6.16. The van der Waals surface area contributed by atoms with Crippen molar-refractivity contribution < 1.29 is 32.2 Å². The number of carbonyl (C=O) groups is 1. The molecule has 8 heteroatoms. The first kappa shape index (κ1) is 21.6. The van der Waals surface area contributed by atoms with Gasteiger partial charge in [0.05, 0.1) is 26.9 Å². The van der Waals surface area contributed by atoms with Crippen LogP contribution in [0.2, 0.25) is 0 Å². The molecule has 0 heterocycles. The van der Waals surface area contributed by atoms with Crippen LogP contribution in [-0.4, -0.2) is 32.9 Å². The second kappa shape index (κ2) is 9.45. The minimum absolute atomic E-state index is 0.182. The van der Waals surface area contributed by atoms with Crippen LogP contribution in [0.3, 0.4) is 0 Å². The van der Waals surface area contributed by atoms with Gasteiger partial charge < -0.3 is 19.5 Å². The predicted molar refractivity (Wildman–Crippen MR) is 97.6 cm³/mol. The molecular weight excluding hydrogens is 375 g/mol. The van der Waals surface area contributed by atoms with Crippen LogP contribution in [0.1, 0.15) is 34.5 Å². The minimum atomic E-state index is -4.36. The highest BCUT2D eigenvalue weighted by Crippen LogP contribution is 2.29. The summed E-state index contributed by atoms with van der Waals surface area (Å²) in [7, 11) is 3.09. The molecule has 1 unspecified atom stereocenters. The summed E-state index contributed by atoms with van der Waals surface area (Å²) < 4.78 is 51.4. The topological polar surface area (TPSA) is 56.8 Å². The van der Waals surface area contributed by atoms with Crippen LogP contribution in [0, 0.1) is 0 Å². The van der Waals surface area contributed by atoms with E-state index in [1.807, 2.05) is 6.92 Å². The molecule has 0 bridgehead atoms. The lowest BCUT2D eigenvalue weighted by Gasteiger charge is -2.18. The van der Waals surface area contributed by atoms with E-state index in [9.17, 15) is 18.0 Å². The maximum absolute atomic E-state index is 12.5. The molecule has 1 N–H and O–H groups in total. The summed E-state index contributed by atoms with van der Waals surface area (Å²) >= 11 is 0. The number of halogens is 3. The van der Waals surface area contributed by atoms with Gasteiger partial charge in [-0.1, -0.05) is 12.1 Å². The Hall–Kier alpha value is -2.74. The predicted octanol–water partition coefficient (Wildman–Crippen LogP) is 4.27. The van der Waals surface area contributed by atoms with E-state index in [1.165, 1.54) is 12.1 Å². The van der Waals surface area contributed by atoms with Gasteiger partial charge in [0.15, 0.2) is 0 Å². The monoisotopic (exact) mass is 397 g/mol. The van der Waals surface area contributed by atoms with Gasteiger partial charge >= 0.3 is 6.18 Å². The van der Waals surface area contributed by atoms with Crippen LogP contribution < -0.4 is 14.8 Å². The number of amides is 1. The first-order valence-electron chi connectivity index (χ1n) is 8.49. The fourth-order valence-corrected chi connectivity index (χ4v) is 2.57. The van der Waals surface area contributed by atoms with Gasteiger partial charge in [-0.25, -0.2) is 0 Å². The van der Waals surface area contributed by atoms with E-state index in [4.69, 9.17) is 9.47 Å². The highest BCUT2D eigenvalue weighted by molar-refractivity contribution is 5.94. The van der Waals surface area contributed by atoms with Crippen molar-refractivity contribution in [3.8, 4) is 11.5 Å². The average molecular weight is 397 g/mol. The van der Waals surface area contributed by atoms with Crippen LogP contribution in [0.5, 0.6) is 11.5 Å². The molecule has 152 valence electrons. The van der Waals surface area contributed by atoms with Crippen molar-refractivity contribution >= 4 is 5.91 Å². The Kier molecular flexibility index (Phi) is 7.28. The zero-order valence-electron chi connectivity index (χ0n) is 15.8. The maximum atomic E-state index is 12.5. The van der Waals surface area contributed by atoms with Gasteiger partial charge in [-0.3, -0.25) is 4.79 Å². The molecule has 2 aromatic carbocycles. The minimum Gasteiger partial charge on any atom is -0.497 e. The lowest BCUT2D eigenvalue weighted by atomic mass is 10.1. The summed E-state index contributed by atoms with van der Waals surface area (Å²) in [5.41, 5.74) is 1.68. The molecule has 1 amide bonds. The highest BCUT2D eigenvalue weighted by atomic mass is 19.4. The first-order valence-corrected chi connectivity index (χ1v) is 8.49. The van der Waals surface area contributed by atoms with E-state index in [2.05, 4.69) is 10.1 Å². The fraction of sp³-hybridized carbons (Fsp3) is 0.350. The van der Waals surface area contributed by atoms with Crippen LogP contribution in [-0.2, 0) is 11.3 Å². The molecule has 0 radical (unpaired) electrons. The number of hydrogen-bond acceptors (Lipinski definition) is 4. The zero-order chi connectivity index (χ0) is 20.7. The number of ether oxygens (including phenoxy) is 3. The van der Waals surface area contributed by atoms with E-state index in [0.29, 0.717) is 22.6 Å². The molecule has 0 aliphatic rings. The maximum Gasteiger partial charge on any atom is 0.411 e. The Bertz CT molecular complexity index is 791. The lowest BCUT2D eigenvalue weighted by molar-refractivity contribution is -0.176. The largest absolute Gasteiger partial charge is 0.497 e. The standard InChI is InChI=1S/C20H22F3NO4/c1-13(17-10-16(26-2)8-9-18(17)27-3)24-19(25)15-6-4-14(5-7-15)11-28-12-20(21,22)23/h4-10,13H,11-12H2,1-3H3,(H,24,25). The molecule has 0 fully saturated rings. The first-order chi connectivity index (χ1) is 13.2. The molecule has 28 heavy (non-hydrogen) atoms. The molecule has 2 rings (SSSR count). The van der Waals surface area contributed by atoms with Crippen LogP contribution in [0.15, 0.2) is 42.5 Å². The van der Waals surface area contributed by atoms with E-state index < -0.39 is 12.8 Å². The van der Waals surface area contributed by atoms with Crippen molar-refractivity contribution in [3.05, 3.63) is 59.2 Å². The molecule has 2 aromatic rings. The van der Waals surface area contributed by atoms with Crippen molar-refractivity contribution in [2.24, 2.45) is 0 Å². The van der Waals surface area contributed by atoms with Crippen molar-refractivity contribution in [1.82, 2.24) is 5.32 Å². The normalized spacial score (nSPS) is 12.4. The molecule has 0 aliphatic heterocycles. The van der Waals surface area contributed by atoms with E-state index in [0.717, 1.165) is 5.56 Å². The Labute approximate surface area is 161 Å². The zero-order valence-corrected chi connectivity index (χ0v) is 15.8. The van der Waals surface area contributed by atoms with Gasteiger partial charge in [0.1, 0.15) is 18.1 Å². The molecule has 5 nitrogen and oxygen atoms in total. The Morgan fingerprint density at radius 2 is 1.75 bits per heavy atom. The number of carbonyl (C=O) groups excluding carboxylic acids is 1. The molecule has 0 aliphatic carbocycles. The van der Waals surface area contributed by atoms with E-state index >= 15 is 0 Å². The van der Waals surface area contributed by atoms with Crippen LogP contribution in [0.25, 0.3) is 0 Å². The summed E-state index contributed by atoms with van der Waals surface area (Å²) in [6.07, 6.45) is -4.36. The summed E-state index contributed by atoms with van der Waals surface area (Å²) in [6, 6.07) is 11.1. The highest BCUT2D eigenvalue weighted by Gasteiger charge is 2.27. The average Bonchev–Trinajstić information content (AvgIpc) is 2.66. The number of alkyl halides is 3. The smallest absolute Gasteiger partial charge is 0.411 e. The summed E-state index contributed by atoms with van der Waals surface area (Å²) in [5, 5.41) is 2.87. The second-order valence-corrected chi connectivity index (χ2v) is 6.11. The fourth-order valence-electron chi connectivity index (χ4n) is 2.57. The SMILES string of the molecule is COc1ccc(OC)c(C(C)NC(=O)c2ccc(COCC(F)(F)F)cc2)c1. The number of benzene rings is 2. The quantitative estimate of drug-likeness (QED) is 0.723. The molecule has 0 saturated carbocycles. The number of rotatable bonds is 8. The molecular formula is C20H22F3NO4. The third-order valence-electron chi connectivity index (χ3n) is 4.00. The van der Waals surface area contributed by atoms with Crippen molar-refractivity contribution in [2.75, 3.05) is 20.8 Å². The summed E-state index contributed by atoms with van der Waals surface area (Å²) in [6.45, 7) is 0.322. The number of methoxy groups -OCH3 is 2.